The molecule has 41 heavy (non-hydrogen) atoms. The Hall–Kier alpha value is -3.63. The van der Waals surface area contributed by atoms with Gasteiger partial charge in [0, 0.05) is 31.0 Å². The van der Waals surface area contributed by atoms with Crippen molar-refractivity contribution >= 4 is 11.6 Å². The second-order valence-electron chi connectivity index (χ2n) is 10.8. The number of nitrogens with two attached hydrogens (primary N) is 1. The fourth-order valence-electron chi connectivity index (χ4n) is 5.88. The minimum Gasteiger partial charge on any atom is -0.496 e. The van der Waals surface area contributed by atoms with Crippen molar-refractivity contribution < 1.29 is 27.8 Å². The van der Waals surface area contributed by atoms with Gasteiger partial charge in [0.15, 0.2) is 0 Å². The fraction of sp³-hybridized carbons (Fsp3) is 0.452. The number of amides is 1. The number of hydrogen-bond donors (Lipinski definition) is 2. The zero-order chi connectivity index (χ0) is 28.9. The average molecular weight is 567 g/mol. The highest BCUT2D eigenvalue weighted by Gasteiger charge is 2.29. The first-order chi connectivity index (χ1) is 19.9. The molecule has 2 fully saturated rings. The van der Waals surface area contributed by atoms with Crippen molar-refractivity contribution in [1.29, 1.82) is 0 Å². The number of aromatic nitrogens is 2. The quantitative estimate of drug-likeness (QED) is 0.352. The highest BCUT2D eigenvalue weighted by atomic mass is 19.1. The first-order valence-corrected chi connectivity index (χ1v) is 14.2. The minimum absolute atomic E-state index is 0.0364. The van der Waals surface area contributed by atoms with Gasteiger partial charge in [-0.15, -0.1) is 0 Å². The summed E-state index contributed by atoms with van der Waals surface area (Å²) in [5.41, 5.74) is 7.24. The maximum atomic E-state index is 15.4. The molecule has 1 amide bonds. The van der Waals surface area contributed by atoms with Gasteiger partial charge in [-0.2, -0.15) is 0 Å². The molecule has 0 radical (unpaired) electrons. The third-order valence-corrected chi connectivity index (χ3v) is 7.95. The Morgan fingerprint density at radius 2 is 2.02 bits per heavy atom. The number of ether oxygens (including phenoxy) is 3. The highest BCUT2D eigenvalue weighted by molar-refractivity contribution is 6.03. The molecule has 1 saturated heterocycles. The summed E-state index contributed by atoms with van der Waals surface area (Å²) in [5, 5.41) is 2.88. The van der Waals surface area contributed by atoms with Gasteiger partial charge < -0.3 is 25.3 Å². The lowest BCUT2D eigenvalue weighted by atomic mass is 9.75. The lowest BCUT2D eigenvalue weighted by Gasteiger charge is -2.33. The standard InChI is InChI=1S/C31H36F2N4O4/c1-3-18-11-19(13-20(34)12-18)23-8-9-35-16-27(23)37-31(38)26-7-6-24(32)30(36-26)29-25(33)14-22(15-28(29)39-2)41-21-5-4-10-40-17-21/h6-9,14-16,18-21H,3-5,10-13,17,34H2,1-2H3,(H,37,38). The summed E-state index contributed by atoms with van der Waals surface area (Å²) in [4.78, 5) is 21.8. The number of nitrogens with one attached hydrogen (secondary N) is 1. The van der Waals surface area contributed by atoms with E-state index < -0.39 is 17.5 Å². The van der Waals surface area contributed by atoms with E-state index in [2.05, 4.69) is 22.2 Å². The summed E-state index contributed by atoms with van der Waals surface area (Å²) in [6, 6.07) is 7.00. The molecule has 1 aliphatic carbocycles. The van der Waals surface area contributed by atoms with Crippen molar-refractivity contribution in [2.24, 2.45) is 11.7 Å². The molecule has 2 aromatic heterocycles. The molecule has 3 aromatic rings. The number of methoxy groups -OCH3 is 1. The number of anilines is 1. The van der Waals surface area contributed by atoms with E-state index in [9.17, 15) is 4.79 Å². The summed E-state index contributed by atoms with van der Waals surface area (Å²) in [6.07, 6.45) is 8.53. The molecule has 5 rings (SSSR count). The summed E-state index contributed by atoms with van der Waals surface area (Å²) >= 11 is 0. The number of pyridine rings is 2. The maximum Gasteiger partial charge on any atom is 0.274 e. The van der Waals surface area contributed by atoms with Crippen LogP contribution in [0.1, 0.15) is 67.4 Å². The molecule has 4 atom stereocenters. The van der Waals surface area contributed by atoms with Crippen molar-refractivity contribution in [3.05, 3.63) is 65.6 Å². The van der Waals surface area contributed by atoms with Crippen LogP contribution in [0.4, 0.5) is 14.5 Å². The zero-order valence-electron chi connectivity index (χ0n) is 23.4. The topological polar surface area (TPSA) is 109 Å². The Labute approximate surface area is 238 Å². The highest BCUT2D eigenvalue weighted by Crippen LogP contribution is 2.40. The van der Waals surface area contributed by atoms with E-state index in [1.807, 2.05) is 6.07 Å². The minimum atomic E-state index is -0.794. The molecule has 10 heteroatoms. The van der Waals surface area contributed by atoms with Gasteiger partial charge in [-0.05, 0) is 67.7 Å². The predicted molar refractivity (Wildman–Crippen MR) is 151 cm³/mol. The number of carbonyl (C=O) groups excluding carboxylic acids is 1. The molecule has 1 saturated carbocycles. The molecular formula is C31H36F2N4O4. The van der Waals surface area contributed by atoms with E-state index in [1.54, 1.807) is 12.4 Å². The van der Waals surface area contributed by atoms with Crippen molar-refractivity contribution in [2.75, 3.05) is 25.6 Å². The first-order valence-electron chi connectivity index (χ1n) is 14.2. The summed E-state index contributed by atoms with van der Waals surface area (Å²) < 4.78 is 47.2. The molecule has 1 aromatic carbocycles. The van der Waals surface area contributed by atoms with E-state index in [0.717, 1.165) is 50.2 Å². The lowest BCUT2D eigenvalue weighted by molar-refractivity contribution is 0.00724. The molecule has 1 aliphatic heterocycles. The number of nitrogens with zero attached hydrogens (tertiary/aromatic N) is 2. The third kappa shape index (κ3) is 6.65. The van der Waals surface area contributed by atoms with Gasteiger partial charge >= 0.3 is 0 Å². The fourth-order valence-corrected chi connectivity index (χ4v) is 5.88. The van der Waals surface area contributed by atoms with Crippen molar-refractivity contribution in [3.8, 4) is 22.8 Å². The van der Waals surface area contributed by atoms with Gasteiger partial charge in [0.2, 0.25) is 0 Å². The van der Waals surface area contributed by atoms with Crippen LogP contribution in [-0.2, 0) is 4.74 Å². The predicted octanol–water partition coefficient (Wildman–Crippen LogP) is 5.86. The normalized spacial score (nSPS) is 22.7. The Kier molecular flexibility index (Phi) is 9.09. The molecule has 0 spiro atoms. The molecule has 2 aliphatic rings. The monoisotopic (exact) mass is 566 g/mol. The van der Waals surface area contributed by atoms with Crippen molar-refractivity contribution in [3.63, 3.8) is 0 Å². The second kappa shape index (κ2) is 12.9. The Morgan fingerprint density at radius 3 is 2.78 bits per heavy atom. The van der Waals surface area contributed by atoms with Crippen molar-refractivity contribution in [1.82, 2.24) is 9.97 Å². The SMILES string of the molecule is CCC1CC(N)CC(c2ccncc2NC(=O)c2ccc(F)c(-c3c(F)cc(OC4CCCOC4)cc3OC)n2)C1. The van der Waals surface area contributed by atoms with Crippen LogP contribution in [-0.4, -0.2) is 48.3 Å². The molecule has 0 bridgehead atoms. The lowest BCUT2D eigenvalue weighted by Crippen LogP contribution is -2.32. The summed E-state index contributed by atoms with van der Waals surface area (Å²) in [6.45, 7) is 3.24. The van der Waals surface area contributed by atoms with Gasteiger partial charge in [0.25, 0.3) is 5.91 Å². The number of benzene rings is 1. The summed E-state index contributed by atoms with van der Waals surface area (Å²) in [5.74, 6) is -1.17. The van der Waals surface area contributed by atoms with E-state index >= 15 is 8.78 Å². The van der Waals surface area contributed by atoms with Crippen LogP contribution in [0, 0.1) is 17.6 Å². The van der Waals surface area contributed by atoms with Crippen LogP contribution in [0.25, 0.3) is 11.3 Å². The van der Waals surface area contributed by atoms with Gasteiger partial charge in [-0.3, -0.25) is 9.78 Å². The van der Waals surface area contributed by atoms with E-state index in [0.29, 0.717) is 24.8 Å². The number of rotatable bonds is 8. The molecule has 3 N–H and O–H groups in total. The number of hydrogen-bond acceptors (Lipinski definition) is 7. The third-order valence-electron chi connectivity index (χ3n) is 7.95. The van der Waals surface area contributed by atoms with E-state index in [-0.39, 0.29) is 46.5 Å². The number of carbonyl (C=O) groups is 1. The van der Waals surface area contributed by atoms with Crippen LogP contribution < -0.4 is 20.5 Å². The molecule has 218 valence electrons. The smallest absolute Gasteiger partial charge is 0.274 e. The van der Waals surface area contributed by atoms with Crippen molar-refractivity contribution in [2.45, 2.75) is 63.5 Å². The van der Waals surface area contributed by atoms with E-state index in [4.69, 9.17) is 19.9 Å². The summed E-state index contributed by atoms with van der Waals surface area (Å²) in [7, 11) is 1.35. The Bertz CT molecular complexity index is 1380. The molecular weight excluding hydrogens is 530 g/mol. The molecule has 4 unspecified atom stereocenters. The molecule has 8 nitrogen and oxygen atoms in total. The Morgan fingerprint density at radius 1 is 1.17 bits per heavy atom. The Balaban J connectivity index is 1.40. The second-order valence-corrected chi connectivity index (χ2v) is 10.8. The van der Waals surface area contributed by atoms with Crippen LogP contribution in [0.15, 0.2) is 42.7 Å². The van der Waals surface area contributed by atoms with Gasteiger partial charge in [-0.1, -0.05) is 13.3 Å². The van der Waals surface area contributed by atoms with Gasteiger partial charge in [0.1, 0.15) is 40.6 Å². The first kappa shape index (κ1) is 28.9. The zero-order valence-corrected chi connectivity index (χ0v) is 23.4. The molecule has 3 heterocycles. The van der Waals surface area contributed by atoms with Crippen LogP contribution in [0.3, 0.4) is 0 Å². The largest absolute Gasteiger partial charge is 0.496 e. The maximum absolute atomic E-state index is 15.4. The number of halogens is 2. The van der Waals surface area contributed by atoms with Crippen LogP contribution >= 0.6 is 0 Å². The van der Waals surface area contributed by atoms with Gasteiger partial charge in [0.05, 0.1) is 31.2 Å². The van der Waals surface area contributed by atoms with E-state index in [1.165, 1.54) is 25.3 Å². The van der Waals surface area contributed by atoms with Gasteiger partial charge in [-0.25, -0.2) is 13.8 Å². The van der Waals surface area contributed by atoms with Crippen LogP contribution in [0.5, 0.6) is 11.5 Å². The average Bonchev–Trinajstić information content (AvgIpc) is 2.97. The van der Waals surface area contributed by atoms with Crippen LogP contribution in [0.2, 0.25) is 0 Å².